The van der Waals surface area contributed by atoms with Crippen molar-refractivity contribution in [2.45, 2.75) is 38.3 Å². The number of amides is 1. The fourth-order valence-electron chi connectivity index (χ4n) is 2.59. The molecular weight excluding hydrogens is 238 g/mol. The molecule has 2 rings (SSSR count). The van der Waals surface area contributed by atoms with E-state index in [0.717, 1.165) is 24.9 Å². The van der Waals surface area contributed by atoms with E-state index >= 15 is 0 Å². The first-order valence-corrected chi connectivity index (χ1v) is 6.74. The lowest BCUT2D eigenvalue weighted by Gasteiger charge is -2.33. The molecule has 1 aliphatic heterocycles. The number of benzene rings is 1. The largest absolute Gasteiger partial charge is 0.388 e. The molecule has 1 amide bonds. The van der Waals surface area contributed by atoms with Gasteiger partial charge in [0.15, 0.2) is 0 Å². The Kier molecular flexibility index (Phi) is 4.05. The molecule has 1 heterocycles. The third kappa shape index (κ3) is 3.44. The maximum Gasteiger partial charge on any atom is 0.246 e. The van der Waals surface area contributed by atoms with Crippen LogP contribution in [0.2, 0.25) is 0 Å². The molecule has 0 spiro atoms. The van der Waals surface area contributed by atoms with Gasteiger partial charge in [0.2, 0.25) is 5.91 Å². The van der Waals surface area contributed by atoms with E-state index in [1.165, 1.54) is 0 Å². The molecule has 3 heteroatoms. The number of rotatable bonds is 3. The maximum absolute atomic E-state index is 12.2. The Balaban J connectivity index is 2.06. The first-order chi connectivity index (χ1) is 8.98. The second-order valence-electron chi connectivity index (χ2n) is 5.59. The van der Waals surface area contributed by atoms with Gasteiger partial charge < -0.3 is 10.0 Å². The standard InChI is InChI=1S/C16H21NO2/c1-16(2,19)14-9-6-12-17(14)15(18)11-10-13-7-4-3-5-8-13/h3-5,7-8,10-11,14,19H,6,9,12H2,1-2H3/b11-10+. The fraction of sp³-hybridized carbons (Fsp3) is 0.438. The number of carbonyl (C=O) groups is 1. The van der Waals surface area contributed by atoms with Crippen LogP contribution in [0.4, 0.5) is 0 Å². The van der Waals surface area contributed by atoms with Crippen LogP contribution in [0.3, 0.4) is 0 Å². The molecule has 0 aromatic heterocycles. The van der Waals surface area contributed by atoms with Crippen LogP contribution >= 0.6 is 0 Å². The summed E-state index contributed by atoms with van der Waals surface area (Å²) in [5.41, 5.74) is 0.169. The van der Waals surface area contributed by atoms with Crippen molar-refractivity contribution >= 4 is 12.0 Å². The highest BCUT2D eigenvalue weighted by Crippen LogP contribution is 2.26. The van der Waals surface area contributed by atoms with E-state index in [1.807, 2.05) is 36.4 Å². The summed E-state index contributed by atoms with van der Waals surface area (Å²) in [6.45, 7) is 4.26. The second-order valence-corrected chi connectivity index (χ2v) is 5.59. The smallest absolute Gasteiger partial charge is 0.246 e. The van der Waals surface area contributed by atoms with Crippen LogP contribution in [0.25, 0.3) is 6.08 Å². The minimum Gasteiger partial charge on any atom is -0.388 e. The van der Waals surface area contributed by atoms with Crippen LogP contribution < -0.4 is 0 Å². The molecule has 102 valence electrons. The Morgan fingerprint density at radius 2 is 2.05 bits per heavy atom. The van der Waals surface area contributed by atoms with Crippen molar-refractivity contribution in [2.24, 2.45) is 0 Å². The summed E-state index contributed by atoms with van der Waals surface area (Å²) < 4.78 is 0. The molecule has 0 bridgehead atoms. The van der Waals surface area contributed by atoms with Crippen molar-refractivity contribution < 1.29 is 9.90 Å². The highest BCUT2D eigenvalue weighted by atomic mass is 16.3. The van der Waals surface area contributed by atoms with Crippen molar-refractivity contribution in [3.8, 4) is 0 Å². The van der Waals surface area contributed by atoms with Crippen molar-refractivity contribution in [1.29, 1.82) is 0 Å². The summed E-state index contributed by atoms with van der Waals surface area (Å²) in [7, 11) is 0. The molecule has 1 fully saturated rings. The number of hydrogen-bond acceptors (Lipinski definition) is 2. The Labute approximate surface area is 114 Å². The van der Waals surface area contributed by atoms with E-state index in [0.29, 0.717) is 0 Å². The lowest BCUT2D eigenvalue weighted by atomic mass is 9.96. The van der Waals surface area contributed by atoms with Gasteiger partial charge in [0.25, 0.3) is 0 Å². The second kappa shape index (κ2) is 5.57. The predicted molar refractivity (Wildman–Crippen MR) is 76.5 cm³/mol. The molecule has 19 heavy (non-hydrogen) atoms. The van der Waals surface area contributed by atoms with Crippen molar-refractivity contribution in [3.05, 3.63) is 42.0 Å². The Morgan fingerprint density at radius 1 is 1.37 bits per heavy atom. The first kappa shape index (κ1) is 13.8. The van der Waals surface area contributed by atoms with Crippen LogP contribution in [0.15, 0.2) is 36.4 Å². The van der Waals surface area contributed by atoms with Crippen LogP contribution in [0.5, 0.6) is 0 Å². The lowest BCUT2D eigenvalue weighted by Crippen LogP contribution is -2.47. The summed E-state index contributed by atoms with van der Waals surface area (Å²) in [6, 6.07) is 9.67. The van der Waals surface area contributed by atoms with E-state index in [-0.39, 0.29) is 11.9 Å². The molecule has 1 aliphatic rings. The topological polar surface area (TPSA) is 40.5 Å². The van der Waals surface area contributed by atoms with Gasteiger partial charge in [-0.15, -0.1) is 0 Å². The number of likely N-dealkylation sites (tertiary alicyclic amines) is 1. The SMILES string of the molecule is CC(C)(O)C1CCCN1C(=O)/C=C/c1ccccc1. The Bertz CT molecular complexity index is 459. The van der Waals surface area contributed by atoms with Crippen LogP contribution in [0.1, 0.15) is 32.3 Å². The molecular formula is C16H21NO2. The third-order valence-electron chi connectivity index (χ3n) is 3.57. The molecule has 0 radical (unpaired) electrons. The van der Waals surface area contributed by atoms with E-state index in [9.17, 15) is 9.90 Å². The lowest BCUT2D eigenvalue weighted by molar-refractivity contribution is -0.131. The van der Waals surface area contributed by atoms with Gasteiger partial charge in [0, 0.05) is 12.6 Å². The van der Waals surface area contributed by atoms with Gasteiger partial charge in [-0.25, -0.2) is 0 Å². The quantitative estimate of drug-likeness (QED) is 0.847. The van der Waals surface area contributed by atoms with E-state index in [2.05, 4.69) is 0 Å². The number of hydrogen-bond donors (Lipinski definition) is 1. The van der Waals surface area contributed by atoms with Gasteiger partial charge in [0.1, 0.15) is 0 Å². The van der Waals surface area contributed by atoms with Gasteiger partial charge in [-0.05, 0) is 38.3 Å². The van der Waals surface area contributed by atoms with E-state index in [1.54, 1.807) is 24.8 Å². The van der Waals surface area contributed by atoms with Gasteiger partial charge in [-0.1, -0.05) is 30.3 Å². The van der Waals surface area contributed by atoms with Crippen molar-refractivity contribution in [2.75, 3.05) is 6.54 Å². The average molecular weight is 259 g/mol. The molecule has 1 N–H and O–H groups in total. The number of carbonyl (C=O) groups excluding carboxylic acids is 1. The minimum atomic E-state index is -0.841. The van der Waals surface area contributed by atoms with Gasteiger partial charge in [-0.2, -0.15) is 0 Å². The Hall–Kier alpha value is -1.61. The molecule has 0 aliphatic carbocycles. The molecule has 0 saturated carbocycles. The molecule has 3 nitrogen and oxygen atoms in total. The van der Waals surface area contributed by atoms with E-state index < -0.39 is 5.60 Å². The van der Waals surface area contributed by atoms with Crippen LogP contribution in [-0.2, 0) is 4.79 Å². The van der Waals surface area contributed by atoms with E-state index in [4.69, 9.17) is 0 Å². The maximum atomic E-state index is 12.2. The summed E-state index contributed by atoms with van der Waals surface area (Å²) in [5.74, 6) is -0.0199. The summed E-state index contributed by atoms with van der Waals surface area (Å²) in [6.07, 6.45) is 5.25. The van der Waals surface area contributed by atoms with Gasteiger partial charge >= 0.3 is 0 Å². The van der Waals surface area contributed by atoms with Crippen LogP contribution in [-0.4, -0.2) is 34.1 Å². The zero-order valence-corrected chi connectivity index (χ0v) is 11.5. The van der Waals surface area contributed by atoms with Crippen LogP contribution in [0, 0.1) is 0 Å². The average Bonchev–Trinajstić information content (AvgIpc) is 2.86. The molecule has 1 aromatic carbocycles. The highest BCUT2D eigenvalue weighted by Gasteiger charge is 2.37. The molecule has 1 aromatic rings. The Morgan fingerprint density at radius 3 is 2.68 bits per heavy atom. The zero-order chi connectivity index (χ0) is 13.9. The normalized spacial score (nSPS) is 20.2. The first-order valence-electron chi connectivity index (χ1n) is 6.74. The molecule has 1 unspecified atom stereocenters. The highest BCUT2D eigenvalue weighted by molar-refractivity contribution is 5.92. The number of nitrogens with zero attached hydrogens (tertiary/aromatic N) is 1. The zero-order valence-electron chi connectivity index (χ0n) is 11.5. The number of aliphatic hydroxyl groups is 1. The fourth-order valence-corrected chi connectivity index (χ4v) is 2.59. The van der Waals surface area contributed by atoms with Gasteiger partial charge in [-0.3, -0.25) is 4.79 Å². The summed E-state index contributed by atoms with van der Waals surface area (Å²) in [4.78, 5) is 14.0. The monoisotopic (exact) mass is 259 g/mol. The summed E-state index contributed by atoms with van der Waals surface area (Å²) >= 11 is 0. The molecule has 1 saturated heterocycles. The predicted octanol–water partition coefficient (Wildman–Crippen LogP) is 2.46. The van der Waals surface area contributed by atoms with Gasteiger partial charge in [0.05, 0.1) is 11.6 Å². The minimum absolute atomic E-state index is 0.0199. The van der Waals surface area contributed by atoms with Crippen molar-refractivity contribution in [3.63, 3.8) is 0 Å². The van der Waals surface area contributed by atoms with Crippen molar-refractivity contribution in [1.82, 2.24) is 4.90 Å². The molecule has 1 atom stereocenters. The third-order valence-corrected chi connectivity index (χ3v) is 3.57. The summed E-state index contributed by atoms with van der Waals surface area (Å²) in [5, 5.41) is 10.1.